The predicted octanol–water partition coefficient (Wildman–Crippen LogP) is 8.68. The number of carboxylic acid groups (broad SMARTS) is 1. The topological polar surface area (TPSA) is 143 Å². The van der Waals surface area contributed by atoms with Crippen molar-refractivity contribution in [2.24, 2.45) is 0 Å². The van der Waals surface area contributed by atoms with Gasteiger partial charge in [-0.1, -0.05) is 71.7 Å². The molecule has 12 nitrogen and oxygen atoms in total. The summed E-state index contributed by atoms with van der Waals surface area (Å²) in [6, 6.07) is 35.8. The molecule has 2 amide bonds. The molecule has 0 bridgehead atoms. The number of benzene rings is 5. The Balaban J connectivity index is 1.11. The monoisotopic (exact) mass is 964 g/mol. The van der Waals surface area contributed by atoms with Gasteiger partial charge in [0.25, 0.3) is 5.91 Å². The molecule has 0 saturated carbocycles. The van der Waals surface area contributed by atoms with Gasteiger partial charge in [-0.2, -0.15) is 8.88 Å². The fourth-order valence-corrected chi connectivity index (χ4v) is 12.2. The van der Waals surface area contributed by atoms with Gasteiger partial charge in [0, 0.05) is 77.2 Å². The number of anilines is 2. The SMILES string of the molecule is CN(c1ccc2c(-c3ccccc3S(=O)(=O)N(C)CC3=C(C(=O)O)N4C(=O)[C@@H](NC(=O)Cc5cccs5)[C@H]4SC3)c3ccc(=[N+](C)c4ccccc4Cl)cc-3oc2c1)c1ccccc1Cl. The minimum Gasteiger partial charge on any atom is -0.477 e. The molecular weight excluding hydrogens is 926 g/mol. The second-order valence-electron chi connectivity index (χ2n) is 15.6. The number of rotatable bonds is 12. The molecular formula is C48H40Cl2N5O7S3+. The van der Waals surface area contributed by atoms with Crippen LogP contribution in [0.3, 0.4) is 0 Å². The summed E-state index contributed by atoms with van der Waals surface area (Å²) in [7, 11) is 0.847. The van der Waals surface area contributed by atoms with Crippen molar-refractivity contribution in [2.45, 2.75) is 22.7 Å². The highest BCUT2D eigenvalue weighted by Gasteiger charge is 2.54. The number of thioether (sulfide) groups is 1. The summed E-state index contributed by atoms with van der Waals surface area (Å²) in [5.41, 5.74) is 4.42. The van der Waals surface area contributed by atoms with Crippen molar-refractivity contribution in [3.63, 3.8) is 0 Å². The Labute approximate surface area is 393 Å². The molecule has 17 heteroatoms. The van der Waals surface area contributed by atoms with Gasteiger partial charge in [-0.3, -0.25) is 14.5 Å². The first-order valence-corrected chi connectivity index (χ1v) is 24.4. The van der Waals surface area contributed by atoms with Gasteiger partial charge >= 0.3 is 5.97 Å². The number of hydrogen-bond donors (Lipinski definition) is 2. The van der Waals surface area contributed by atoms with Gasteiger partial charge in [0.05, 0.1) is 28.1 Å². The third kappa shape index (κ3) is 8.21. The maximum absolute atomic E-state index is 14.9. The van der Waals surface area contributed by atoms with Gasteiger partial charge < -0.3 is 19.7 Å². The van der Waals surface area contributed by atoms with Crippen molar-refractivity contribution in [1.29, 1.82) is 0 Å². The number of carboxylic acids is 1. The van der Waals surface area contributed by atoms with Gasteiger partial charge in [-0.25, -0.2) is 13.2 Å². The van der Waals surface area contributed by atoms with Crippen molar-refractivity contribution in [3.05, 3.63) is 158 Å². The van der Waals surface area contributed by atoms with Crippen LogP contribution >= 0.6 is 46.3 Å². The van der Waals surface area contributed by atoms with Crippen molar-refractivity contribution in [3.8, 4) is 22.5 Å². The number of carbonyl (C=O) groups excluding carboxylic acids is 2. The zero-order chi connectivity index (χ0) is 45.7. The van der Waals surface area contributed by atoms with Gasteiger partial charge in [0.15, 0.2) is 0 Å². The van der Waals surface area contributed by atoms with Crippen LogP contribution in [-0.4, -0.2) is 85.4 Å². The smallest absolute Gasteiger partial charge is 0.352 e. The van der Waals surface area contributed by atoms with Crippen LogP contribution in [0.25, 0.3) is 33.4 Å². The van der Waals surface area contributed by atoms with E-state index in [4.69, 9.17) is 27.6 Å². The number of likely N-dealkylation sites (N-methyl/N-ethyl adjacent to an activating group) is 1. The van der Waals surface area contributed by atoms with E-state index < -0.39 is 33.3 Å². The lowest BCUT2D eigenvalue weighted by molar-refractivity contribution is -0.150. The minimum absolute atomic E-state index is 0.0156. The summed E-state index contributed by atoms with van der Waals surface area (Å²) in [5, 5.41) is 16.9. The first-order valence-electron chi connectivity index (χ1n) is 20.3. The third-order valence-corrected chi connectivity index (χ3v) is 16.3. The van der Waals surface area contributed by atoms with E-state index in [9.17, 15) is 27.9 Å². The lowest BCUT2D eigenvalue weighted by atomic mass is 9.93. The molecule has 65 heavy (non-hydrogen) atoms. The summed E-state index contributed by atoms with van der Waals surface area (Å²) >= 11 is 15.9. The molecule has 5 aromatic rings. The number of halogens is 2. The summed E-state index contributed by atoms with van der Waals surface area (Å²) < 4.78 is 39.6. The number of nitrogens with zero attached hydrogens (tertiary/aromatic N) is 4. The highest BCUT2D eigenvalue weighted by molar-refractivity contribution is 8.00. The molecule has 330 valence electrons. The number of para-hydroxylation sites is 2. The highest BCUT2D eigenvalue weighted by atomic mass is 35.5. The quantitative estimate of drug-likeness (QED) is 0.0699. The molecule has 1 fully saturated rings. The van der Waals surface area contributed by atoms with Crippen LogP contribution in [0, 0.1) is 0 Å². The normalized spacial score (nSPS) is 16.7. The Hall–Kier alpha value is -5.94. The maximum Gasteiger partial charge on any atom is 0.352 e. The van der Waals surface area contributed by atoms with E-state index in [0.29, 0.717) is 43.5 Å². The summed E-state index contributed by atoms with van der Waals surface area (Å²) in [6.45, 7) is -0.307. The van der Waals surface area contributed by atoms with Gasteiger partial charge in [0.1, 0.15) is 40.5 Å². The Morgan fingerprint density at radius 1 is 0.908 bits per heavy atom. The van der Waals surface area contributed by atoms with Crippen molar-refractivity contribution >= 4 is 102 Å². The molecule has 0 radical (unpaired) electrons. The number of amides is 2. The van der Waals surface area contributed by atoms with Crippen LogP contribution in [0.4, 0.5) is 17.1 Å². The molecule has 3 aliphatic heterocycles. The number of β-lactam (4-membered cyclic amide) rings is 1. The largest absolute Gasteiger partial charge is 0.477 e. The lowest BCUT2D eigenvalue weighted by Crippen LogP contribution is -2.70. The van der Waals surface area contributed by atoms with E-state index >= 15 is 0 Å². The Kier molecular flexibility index (Phi) is 12.1. The Bertz CT molecular complexity index is 3250. The van der Waals surface area contributed by atoms with E-state index in [1.54, 1.807) is 18.2 Å². The van der Waals surface area contributed by atoms with E-state index in [1.807, 2.05) is 126 Å². The maximum atomic E-state index is 14.9. The molecule has 4 aromatic carbocycles. The van der Waals surface area contributed by atoms with E-state index in [2.05, 4.69) is 5.32 Å². The average Bonchev–Trinajstić information content (AvgIpc) is 3.82. The van der Waals surface area contributed by atoms with Crippen LogP contribution in [0.15, 0.2) is 147 Å². The fraction of sp³-hybridized carbons (Fsp3) is 0.167. The number of thiophene rings is 1. The van der Waals surface area contributed by atoms with Crippen LogP contribution in [0.1, 0.15) is 4.88 Å². The first-order chi connectivity index (χ1) is 31.2. The standard InChI is InChI=1S/C48H39Cl2N5O7S3/c1-52(26-28-27-64-47-44(46(57)55(47)45(28)48(58)59)51-42(56)25-31-11-10-22-63-31)65(60,61)41-17-9-4-12-34(41)43-32-20-18-29(53(2)37-15-7-5-13-35(37)49)23-39(32)62-40-24-30(19-21-33(40)43)54(3)38-16-8-6-14-36(38)50/h4-24,44,47H,25-27H2,1-3H3,(H-,51,56,58,59)/p+1/t44-,47-/m1/s1. The molecule has 1 saturated heterocycles. The number of hydrogen-bond acceptors (Lipinski definition) is 9. The minimum atomic E-state index is -4.35. The van der Waals surface area contributed by atoms with E-state index in [1.165, 1.54) is 36.2 Å². The molecule has 2 N–H and O–H groups in total. The molecule has 0 spiro atoms. The predicted molar refractivity (Wildman–Crippen MR) is 258 cm³/mol. The zero-order valence-electron chi connectivity index (χ0n) is 35.1. The number of carbonyl (C=O) groups is 3. The Morgan fingerprint density at radius 2 is 1.65 bits per heavy atom. The second kappa shape index (κ2) is 17.8. The number of aliphatic carboxylic acids is 1. The van der Waals surface area contributed by atoms with Crippen molar-refractivity contribution < 1.29 is 32.3 Å². The average molecular weight is 966 g/mol. The van der Waals surface area contributed by atoms with Crippen LogP contribution in [-0.2, 0) is 30.8 Å². The van der Waals surface area contributed by atoms with Crippen LogP contribution < -0.4 is 20.1 Å². The molecule has 0 unspecified atom stereocenters. The molecule has 4 heterocycles. The van der Waals surface area contributed by atoms with E-state index in [-0.39, 0.29) is 40.8 Å². The third-order valence-electron chi connectivity index (χ3n) is 11.6. The van der Waals surface area contributed by atoms with Gasteiger partial charge in [-0.15, -0.1) is 23.1 Å². The van der Waals surface area contributed by atoms with Gasteiger partial charge in [0.2, 0.25) is 27.0 Å². The van der Waals surface area contributed by atoms with E-state index in [0.717, 1.165) is 36.5 Å². The van der Waals surface area contributed by atoms with Crippen LogP contribution in [0.5, 0.6) is 0 Å². The highest BCUT2D eigenvalue weighted by Crippen LogP contribution is 2.45. The summed E-state index contributed by atoms with van der Waals surface area (Å²) in [4.78, 5) is 43.0. The van der Waals surface area contributed by atoms with Crippen molar-refractivity contribution in [2.75, 3.05) is 38.3 Å². The Morgan fingerprint density at radius 3 is 2.38 bits per heavy atom. The van der Waals surface area contributed by atoms with Crippen molar-refractivity contribution in [1.82, 2.24) is 19.1 Å². The molecule has 1 aromatic heterocycles. The molecule has 9 rings (SSSR count). The lowest BCUT2D eigenvalue weighted by Gasteiger charge is -2.49. The fourth-order valence-electron chi connectivity index (χ4n) is 8.32. The molecule has 1 aliphatic carbocycles. The molecule has 2 atom stereocenters. The zero-order valence-corrected chi connectivity index (χ0v) is 39.0. The number of nitrogens with one attached hydrogen (secondary N) is 1. The summed E-state index contributed by atoms with van der Waals surface area (Å²) in [5.74, 6) is -1.67. The second-order valence-corrected chi connectivity index (χ2v) is 20.5. The molecule has 4 aliphatic rings. The van der Waals surface area contributed by atoms with Crippen LogP contribution in [0.2, 0.25) is 10.0 Å². The van der Waals surface area contributed by atoms with Gasteiger partial charge in [-0.05, 0) is 59.5 Å². The number of fused-ring (bicyclic) bond motifs is 3. The number of sulfonamides is 1. The summed E-state index contributed by atoms with van der Waals surface area (Å²) in [6.07, 6.45) is 0.100. The first kappa shape index (κ1) is 44.3.